The third-order valence-corrected chi connectivity index (χ3v) is 2.38. The van der Waals surface area contributed by atoms with E-state index in [-0.39, 0.29) is 5.56 Å². The van der Waals surface area contributed by atoms with Crippen LogP contribution in [0.5, 0.6) is 0 Å². The second-order valence-corrected chi connectivity index (χ2v) is 3.65. The molecule has 0 aliphatic rings. The van der Waals surface area contributed by atoms with Gasteiger partial charge in [-0.25, -0.2) is 4.79 Å². The standard InChI is InChI=1S/C11H6ClNO4/c12-7-3-1-6(2-4-7)10(14)8-5-17-13-9(8)11(15)16/h1-5H,(H,15,16). The number of ketones is 1. The van der Waals surface area contributed by atoms with Crippen LogP contribution in [0.15, 0.2) is 35.1 Å². The lowest BCUT2D eigenvalue weighted by atomic mass is 10.0. The minimum Gasteiger partial charge on any atom is -0.476 e. The zero-order valence-electron chi connectivity index (χ0n) is 8.38. The van der Waals surface area contributed by atoms with Gasteiger partial charge in [0.05, 0.1) is 5.56 Å². The highest BCUT2D eigenvalue weighted by Gasteiger charge is 2.22. The predicted octanol–water partition coefficient (Wildman–Crippen LogP) is 2.26. The SMILES string of the molecule is O=C(c1ccc(Cl)cc1)c1conc1C(=O)O. The monoisotopic (exact) mass is 251 g/mol. The number of benzene rings is 1. The van der Waals surface area contributed by atoms with Crippen molar-refractivity contribution >= 4 is 23.4 Å². The first-order valence-electron chi connectivity index (χ1n) is 4.57. The van der Waals surface area contributed by atoms with Gasteiger partial charge >= 0.3 is 5.97 Å². The molecule has 0 aliphatic carbocycles. The summed E-state index contributed by atoms with van der Waals surface area (Å²) in [6.45, 7) is 0. The van der Waals surface area contributed by atoms with Crippen LogP contribution in [0, 0.1) is 0 Å². The third kappa shape index (κ3) is 2.19. The van der Waals surface area contributed by atoms with Crippen LogP contribution in [0.2, 0.25) is 5.02 Å². The summed E-state index contributed by atoms with van der Waals surface area (Å²) in [4.78, 5) is 22.7. The van der Waals surface area contributed by atoms with Crippen molar-refractivity contribution in [2.75, 3.05) is 0 Å². The number of hydrogen-bond acceptors (Lipinski definition) is 4. The molecule has 1 aromatic heterocycles. The first-order valence-corrected chi connectivity index (χ1v) is 4.95. The second-order valence-electron chi connectivity index (χ2n) is 3.22. The molecule has 86 valence electrons. The van der Waals surface area contributed by atoms with Crippen molar-refractivity contribution in [3.8, 4) is 0 Å². The highest BCUT2D eigenvalue weighted by molar-refractivity contribution is 6.30. The first kappa shape index (κ1) is 11.3. The number of carbonyl (C=O) groups excluding carboxylic acids is 1. The maximum absolute atomic E-state index is 11.9. The lowest BCUT2D eigenvalue weighted by Gasteiger charge is -1.98. The van der Waals surface area contributed by atoms with E-state index in [0.29, 0.717) is 10.6 Å². The van der Waals surface area contributed by atoms with E-state index in [1.807, 2.05) is 0 Å². The summed E-state index contributed by atoms with van der Waals surface area (Å²) in [5.74, 6) is -1.78. The Bertz CT molecular complexity index is 573. The summed E-state index contributed by atoms with van der Waals surface area (Å²) in [6.07, 6.45) is 1.01. The topological polar surface area (TPSA) is 80.4 Å². The van der Waals surface area contributed by atoms with Crippen LogP contribution in [0.3, 0.4) is 0 Å². The lowest BCUT2D eigenvalue weighted by Crippen LogP contribution is -2.08. The Morgan fingerprint density at radius 2 is 1.88 bits per heavy atom. The number of carbonyl (C=O) groups is 2. The van der Waals surface area contributed by atoms with Gasteiger partial charge in [0.25, 0.3) is 0 Å². The maximum Gasteiger partial charge on any atom is 0.358 e. The zero-order chi connectivity index (χ0) is 12.4. The Morgan fingerprint density at radius 3 is 2.47 bits per heavy atom. The molecule has 0 atom stereocenters. The van der Waals surface area contributed by atoms with Gasteiger partial charge in [-0.05, 0) is 24.3 Å². The van der Waals surface area contributed by atoms with Crippen LogP contribution in [0.25, 0.3) is 0 Å². The molecule has 5 nitrogen and oxygen atoms in total. The van der Waals surface area contributed by atoms with Crippen molar-refractivity contribution < 1.29 is 19.2 Å². The van der Waals surface area contributed by atoms with E-state index in [1.54, 1.807) is 12.1 Å². The zero-order valence-corrected chi connectivity index (χ0v) is 9.14. The molecule has 0 saturated heterocycles. The van der Waals surface area contributed by atoms with Gasteiger partial charge in [0, 0.05) is 10.6 Å². The van der Waals surface area contributed by atoms with Crippen LogP contribution >= 0.6 is 11.6 Å². The maximum atomic E-state index is 11.9. The van der Waals surface area contributed by atoms with Crippen molar-refractivity contribution in [1.82, 2.24) is 5.16 Å². The summed E-state index contributed by atoms with van der Waals surface area (Å²) in [6, 6.07) is 6.10. The number of rotatable bonds is 3. The number of halogens is 1. The highest BCUT2D eigenvalue weighted by Crippen LogP contribution is 2.16. The van der Waals surface area contributed by atoms with Gasteiger partial charge in [-0.2, -0.15) is 0 Å². The van der Waals surface area contributed by atoms with Crippen LogP contribution in [-0.4, -0.2) is 22.0 Å². The Balaban J connectivity index is 2.40. The van der Waals surface area contributed by atoms with Crippen LogP contribution in [0.1, 0.15) is 26.4 Å². The lowest BCUT2D eigenvalue weighted by molar-refractivity contribution is 0.0682. The number of aromatic nitrogens is 1. The van der Waals surface area contributed by atoms with Crippen molar-refractivity contribution in [1.29, 1.82) is 0 Å². The molecule has 1 aromatic carbocycles. The smallest absolute Gasteiger partial charge is 0.358 e. The molecular formula is C11H6ClNO4. The highest BCUT2D eigenvalue weighted by atomic mass is 35.5. The summed E-state index contributed by atoms with van der Waals surface area (Å²) in [5.41, 5.74) is -0.162. The van der Waals surface area contributed by atoms with Crippen molar-refractivity contribution in [2.24, 2.45) is 0 Å². The molecule has 0 bridgehead atoms. The normalized spacial score (nSPS) is 10.2. The Labute approximate surface area is 101 Å². The van der Waals surface area contributed by atoms with Gasteiger partial charge in [-0.3, -0.25) is 4.79 Å². The molecule has 1 heterocycles. The number of aromatic carboxylic acids is 1. The molecule has 0 radical (unpaired) electrons. The van der Waals surface area contributed by atoms with Gasteiger partial charge in [-0.1, -0.05) is 16.8 Å². The first-order chi connectivity index (χ1) is 8.09. The average Bonchev–Trinajstić information content (AvgIpc) is 2.78. The van der Waals surface area contributed by atoms with E-state index in [0.717, 1.165) is 6.26 Å². The Kier molecular flexibility index (Phi) is 2.93. The van der Waals surface area contributed by atoms with E-state index < -0.39 is 17.4 Å². The fourth-order valence-electron chi connectivity index (χ4n) is 1.31. The van der Waals surface area contributed by atoms with E-state index in [9.17, 15) is 9.59 Å². The molecular weight excluding hydrogens is 246 g/mol. The van der Waals surface area contributed by atoms with Gasteiger partial charge in [-0.15, -0.1) is 0 Å². The minimum absolute atomic E-state index is 0.0835. The molecule has 2 aromatic rings. The van der Waals surface area contributed by atoms with E-state index >= 15 is 0 Å². The summed E-state index contributed by atoms with van der Waals surface area (Å²) >= 11 is 5.69. The largest absolute Gasteiger partial charge is 0.476 e. The van der Waals surface area contributed by atoms with Gasteiger partial charge < -0.3 is 9.63 Å². The summed E-state index contributed by atoms with van der Waals surface area (Å²) in [7, 11) is 0. The molecule has 2 rings (SSSR count). The van der Waals surface area contributed by atoms with E-state index in [4.69, 9.17) is 16.7 Å². The van der Waals surface area contributed by atoms with Gasteiger partial charge in [0.2, 0.25) is 5.69 Å². The average molecular weight is 252 g/mol. The summed E-state index contributed by atoms with van der Waals surface area (Å²) in [5, 5.41) is 12.5. The van der Waals surface area contributed by atoms with Crippen molar-refractivity contribution in [3.05, 3.63) is 52.4 Å². The quantitative estimate of drug-likeness (QED) is 0.846. The van der Waals surface area contributed by atoms with Crippen LogP contribution in [-0.2, 0) is 0 Å². The van der Waals surface area contributed by atoms with Crippen LogP contribution in [0.4, 0.5) is 0 Å². The van der Waals surface area contributed by atoms with Crippen LogP contribution < -0.4 is 0 Å². The van der Waals surface area contributed by atoms with Gasteiger partial charge in [0.1, 0.15) is 6.26 Å². The molecule has 0 saturated carbocycles. The van der Waals surface area contributed by atoms with Gasteiger partial charge in [0.15, 0.2) is 5.78 Å². The summed E-state index contributed by atoms with van der Waals surface area (Å²) < 4.78 is 4.50. The minimum atomic E-state index is -1.31. The fourth-order valence-corrected chi connectivity index (χ4v) is 1.43. The molecule has 0 fully saturated rings. The Morgan fingerprint density at radius 1 is 1.24 bits per heavy atom. The molecule has 0 aliphatic heterocycles. The number of carboxylic acid groups (broad SMARTS) is 1. The fraction of sp³-hybridized carbons (Fsp3) is 0. The van der Waals surface area contributed by atoms with Crippen molar-refractivity contribution in [3.63, 3.8) is 0 Å². The second kappa shape index (κ2) is 4.39. The van der Waals surface area contributed by atoms with E-state index in [2.05, 4.69) is 9.68 Å². The third-order valence-electron chi connectivity index (χ3n) is 2.12. The van der Waals surface area contributed by atoms with E-state index in [1.165, 1.54) is 12.1 Å². The molecule has 1 N–H and O–H groups in total. The molecule has 0 unspecified atom stereocenters. The molecule has 6 heteroatoms. The number of hydrogen-bond donors (Lipinski definition) is 1. The Hall–Kier alpha value is -2.14. The molecule has 0 spiro atoms. The molecule has 0 amide bonds. The number of nitrogens with zero attached hydrogens (tertiary/aromatic N) is 1. The molecule has 17 heavy (non-hydrogen) atoms. The predicted molar refractivity (Wildman–Crippen MR) is 58.3 cm³/mol. The number of carboxylic acids is 1. The van der Waals surface area contributed by atoms with Crippen molar-refractivity contribution in [2.45, 2.75) is 0 Å².